The summed E-state index contributed by atoms with van der Waals surface area (Å²) in [6, 6.07) is 17.3. The number of hydrogen-bond acceptors (Lipinski definition) is 1. The van der Waals surface area contributed by atoms with Crippen LogP contribution in [0.1, 0.15) is 16.7 Å². The molecular formula is C15H14BrN. The Morgan fingerprint density at radius 1 is 0.882 bits per heavy atom. The van der Waals surface area contributed by atoms with E-state index in [1.54, 1.807) is 0 Å². The fourth-order valence-electron chi connectivity index (χ4n) is 2.36. The van der Waals surface area contributed by atoms with Crippen molar-refractivity contribution in [2.75, 3.05) is 0 Å². The van der Waals surface area contributed by atoms with Gasteiger partial charge in [0.15, 0.2) is 0 Å². The van der Waals surface area contributed by atoms with Crippen molar-refractivity contribution in [2.24, 2.45) is 0 Å². The summed E-state index contributed by atoms with van der Waals surface area (Å²) >= 11 is 3.47. The van der Waals surface area contributed by atoms with Gasteiger partial charge >= 0.3 is 0 Å². The van der Waals surface area contributed by atoms with Gasteiger partial charge in [-0.05, 0) is 28.8 Å². The molecular weight excluding hydrogens is 274 g/mol. The van der Waals surface area contributed by atoms with Crippen LogP contribution in [0.4, 0.5) is 0 Å². The van der Waals surface area contributed by atoms with Gasteiger partial charge in [0.25, 0.3) is 0 Å². The lowest BCUT2D eigenvalue weighted by Gasteiger charge is -2.14. The molecule has 0 aliphatic carbocycles. The van der Waals surface area contributed by atoms with Gasteiger partial charge < -0.3 is 0 Å². The van der Waals surface area contributed by atoms with Gasteiger partial charge in [0.2, 0.25) is 0 Å². The first kappa shape index (κ1) is 11.0. The van der Waals surface area contributed by atoms with Gasteiger partial charge in [-0.2, -0.15) is 0 Å². The quantitative estimate of drug-likeness (QED) is 0.808. The Hall–Kier alpha value is -1.12. The molecule has 0 amide bonds. The van der Waals surface area contributed by atoms with E-state index in [-0.39, 0.29) is 0 Å². The molecule has 0 N–H and O–H groups in total. The van der Waals surface area contributed by atoms with E-state index in [4.69, 9.17) is 0 Å². The molecule has 2 aromatic carbocycles. The van der Waals surface area contributed by atoms with Crippen molar-refractivity contribution in [2.45, 2.75) is 19.6 Å². The predicted molar refractivity (Wildman–Crippen MR) is 73.5 cm³/mol. The third-order valence-corrected chi connectivity index (χ3v) is 3.75. The van der Waals surface area contributed by atoms with Gasteiger partial charge in [-0.1, -0.05) is 52.3 Å². The summed E-state index contributed by atoms with van der Waals surface area (Å²) in [5.74, 6) is 0. The number of benzene rings is 2. The lowest BCUT2D eigenvalue weighted by atomic mass is 10.1. The molecule has 0 spiro atoms. The Labute approximate surface area is 110 Å². The molecule has 0 fully saturated rings. The van der Waals surface area contributed by atoms with Crippen molar-refractivity contribution in [3.8, 4) is 0 Å². The second kappa shape index (κ2) is 4.63. The van der Waals surface area contributed by atoms with E-state index in [2.05, 4.69) is 69.4 Å². The van der Waals surface area contributed by atoms with Crippen LogP contribution < -0.4 is 0 Å². The van der Waals surface area contributed by atoms with Crippen molar-refractivity contribution >= 4 is 15.9 Å². The van der Waals surface area contributed by atoms with E-state index in [0.717, 1.165) is 24.1 Å². The van der Waals surface area contributed by atoms with Gasteiger partial charge in [-0.3, -0.25) is 4.90 Å². The average molecular weight is 288 g/mol. The van der Waals surface area contributed by atoms with Crippen molar-refractivity contribution in [1.29, 1.82) is 0 Å². The first-order chi connectivity index (χ1) is 8.31. The first-order valence-electron chi connectivity index (χ1n) is 5.85. The summed E-state index contributed by atoms with van der Waals surface area (Å²) in [6.45, 7) is 3.18. The maximum Gasteiger partial charge on any atom is 0.0244 e. The Morgan fingerprint density at radius 2 is 1.47 bits per heavy atom. The van der Waals surface area contributed by atoms with Crippen LogP contribution in [0.15, 0.2) is 53.0 Å². The van der Waals surface area contributed by atoms with E-state index in [9.17, 15) is 0 Å². The van der Waals surface area contributed by atoms with Crippen LogP contribution in [0.25, 0.3) is 0 Å². The summed E-state index contributed by atoms with van der Waals surface area (Å²) in [4.78, 5) is 2.48. The van der Waals surface area contributed by atoms with Crippen LogP contribution >= 0.6 is 15.9 Å². The molecule has 0 bridgehead atoms. The number of fused-ring (bicyclic) bond motifs is 1. The molecule has 2 heteroatoms. The van der Waals surface area contributed by atoms with E-state index >= 15 is 0 Å². The highest BCUT2D eigenvalue weighted by Crippen LogP contribution is 2.24. The fourth-order valence-corrected chi connectivity index (χ4v) is 2.63. The highest BCUT2D eigenvalue weighted by Gasteiger charge is 2.17. The highest BCUT2D eigenvalue weighted by molar-refractivity contribution is 9.10. The Bertz CT molecular complexity index is 494. The number of rotatable bonds is 2. The van der Waals surface area contributed by atoms with Gasteiger partial charge in [0, 0.05) is 24.1 Å². The van der Waals surface area contributed by atoms with Crippen LogP contribution in [-0.4, -0.2) is 4.90 Å². The summed E-state index contributed by atoms with van der Waals surface area (Å²) in [5.41, 5.74) is 4.33. The Balaban J connectivity index is 1.71. The van der Waals surface area contributed by atoms with Crippen molar-refractivity contribution in [3.05, 3.63) is 69.7 Å². The summed E-state index contributed by atoms with van der Waals surface area (Å²) < 4.78 is 1.14. The largest absolute Gasteiger partial charge is 0.291 e. The van der Waals surface area contributed by atoms with Crippen LogP contribution in [0.2, 0.25) is 0 Å². The molecule has 3 rings (SSSR count). The van der Waals surface area contributed by atoms with Crippen molar-refractivity contribution in [1.82, 2.24) is 4.90 Å². The van der Waals surface area contributed by atoms with Crippen molar-refractivity contribution in [3.63, 3.8) is 0 Å². The predicted octanol–water partition coefficient (Wildman–Crippen LogP) is 3.96. The molecule has 0 radical (unpaired) electrons. The zero-order valence-corrected chi connectivity index (χ0v) is 11.2. The topological polar surface area (TPSA) is 3.24 Å². The maximum atomic E-state index is 3.47. The van der Waals surface area contributed by atoms with E-state index < -0.39 is 0 Å². The zero-order valence-electron chi connectivity index (χ0n) is 9.57. The molecule has 17 heavy (non-hydrogen) atoms. The zero-order chi connectivity index (χ0) is 11.7. The Morgan fingerprint density at radius 3 is 2.06 bits per heavy atom. The van der Waals surface area contributed by atoms with Crippen LogP contribution in [0.5, 0.6) is 0 Å². The molecule has 86 valence electrons. The first-order valence-corrected chi connectivity index (χ1v) is 6.64. The average Bonchev–Trinajstić information content (AvgIpc) is 2.74. The minimum absolute atomic E-state index is 1.03. The smallest absolute Gasteiger partial charge is 0.0244 e. The van der Waals surface area contributed by atoms with Crippen LogP contribution in [-0.2, 0) is 19.6 Å². The fraction of sp³-hybridized carbons (Fsp3) is 0.200. The summed E-state index contributed by atoms with van der Waals surface area (Å²) in [5, 5.41) is 0. The third kappa shape index (κ3) is 2.43. The second-order valence-corrected chi connectivity index (χ2v) is 5.46. The molecule has 0 unspecified atom stereocenters. The highest BCUT2D eigenvalue weighted by atomic mass is 79.9. The van der Waals surface area contributed by atoms with E-state index in [1.165, 1.54) is 16.7 Å². The lowest BCUT2D eigenvalue weighted by Crippen LogP contribution is -2.15. The van der Waals surface area contributed by atoms with Crippen molar-refractivity contribution < 1.29 is 0 Å². The number of nitrogens with zero attached hydrogens (tertiary/aromatic N) is 1. The molecule has 0 atom stereocenters. The Kier molecular flexibility index (Phi) is 3.00. The molecule has 0 aromatic heterocycles. The third-order valence-electron chi connectivity index (χ3n) is 3.23. The molecule has 1 heterocycles. The van der Waals surface area contributed by atoms with Crippen LogP contribution in [0.3, 0.4) is 0 Å². The SMILES string of the molecule is Brc1ccc(CN2Cc3ccccc3C2)cc1. The molecule has 1 aliphatic heterocycles. The molecule has 1 nitrogen and oxygen atoms in total. The number of halogens is 1. The summed E-state index contributed by atoms with van der Waals surface area (Å²) in [7, 11) is 0. The molecule has 0 saturated carbocycles. The normalized spacial score (nSPS) is 14.9. The van der Waals surface area contributed by atoms with Gasteiger partial charge in [-0.25, -0.2) is 0 Å². The van der Waals surface area contributed by atoms with Crippen LogP contribution in [0, 0.1) is 0 Å². The minimum Gasteiger partial charge on any atom is -0.291 e. The molecule has 1 aliphatic rings. The number of hydrogen-bond donors (Lipinski definition) is 0. The maximum absolute atomic E-state index is 3.47. The van der Waals surface area contributed by atoms with E-state index in [1.807, 2.05) is 0 Å². The van der Waals surface area contributed by atoms with Gasteiger partial charge in [-0.15, -0.1) is 0 Å². The monoisotopic (exact) mass is 287 g/mol. The van der Waals surface area contributed by atoms with Gasteiger partial charge in [0.1, 0.15) is 0 Å². The van der Waals surface area contributed by atoms with E-state index in [0.29, 0.717) is 0 Å². The minimum atomic E-state index is 1.03. The lowest BCUT2D eigenvalue weighted by molar-refractivity contribution is 0.275. The second-order valence-electron chi connectivity index (χ2n) is 4.54. The molecule has 0 saturated heterocycles. The standard InChI is InChI=1S/C15H14BrN/c16-15-7-5-12(6-8-15)9-17-10-13-3-1-2-4-14(13)11-17/h1-8H,9-11H2. The van der Waals surface area contributed by atoms with Gasteiger partial charge in [0.05, 0.1) is 0 Å². The summed E-state index contributed by atoms with van der Waals surface area (Å²) in [6.07, 6.45) is 0. The molecule has 2 aromatic rings.